The number of carboxylic acid groups (broad SMARTS) is 1. The third kappa shape index (κ3) is 4.54. The van der Waals surface area contributed by atoms with Crippen LogP contribution >= 0.6 is 22.6 Å². The third-order valence-corrected chi connectivity index (χ3v) is 4.56. The Hall–Kier alpha value is -0.670. The van der Waals surface area contributed by atoms with Crippen molar-refractivity contribution in [1.29, 1.82) is 0 Å². The first kappa shape index (κ1) is 15.4. The first-order valence-corrected chi connectivity index (χ1v) is 7.70. The monoisotopic (exact) mass is 383 g/mol. The minimum absolute atomic E-state index is 0.126. The van der Waals surface area contributed by atoms with E-state index in [-0.39, 0.29) is 11.3 Å². The summed E-state index contributed by atoms with van der Waals surface area (Å²) in [6.07, 6.45) is -0.281. The molecular weight excluding hydrogens is 369 g/mol. The van der Waals surface area contributed by atoms with Gasteiger partial charge in [-0.3, -0.25) is 4.79 Å². The molecule has 0 fully saturated rings. The van der Waals surface area contributed by atoms with E-state index in [0.29, 0.717) is 0 Å². The van der Waals surface area contributed by atoms with Crippen LogP contribution in [-0.2, 0) is 14.8 Å². The van der Waals surface area contributed by atoms with Gasteiger partial charge in [-0.25, -0.2) is 13.1 Å². The van der Waals surface area contributed by atoms with E-state index < -0.39 is 21.5 Å². The summed E-state index contributed by atoms with van der Waals surface area (Å²) in [4.78, 5) is 10.8. The van der Waals surface area contributed by atoms with Gasteiger partial charge >= 0.3 is 5.97 Å². The number of benzene rings is 1. The summed E-state index contributed by atoms with van der Waals surface area (Å²) in [5.41, 5.74) is -1.03. The van der Waals surface area contributed by atoms with Gasteiger partial charge in [0, 0.05) is 9.11 Å². The van der Waals surface area contributed by atoms with Gasteiger partial charge in [-0.1, -0.05) is 0 Å². The molecule has 18 heavy (non-hydrogen) atoms. The van der Waals surface area contributed by atoms with Crippen molar-refractivity contribution in [1.82, 2.24) is 4.72 Å². The van der Waals surface area contributed by atoms with Crippen molar-refractivity contribution in [3.8, 4) is 0 Å². The highest BCUT2D eigenvalue weighted by Gasteiger charge is 2.28. The maximum Gasteiger partial charge on any atom is 0.305 e. The minimum atomic E-state index is -3.70. The quantitative estimate of drug-likeness (QED) is 0.760. The summed E-state index contributed by atoms with van der Waals surface area (Å²) in [6.45, 7) is 3.07. The summed E-state index contributed by atoms with van der Waals surface area (Å²) in [5.74, 6) is -1.05. The van der Waals surface area contributed by atoms with Crippen LogP contribution in [0.3, 0.4) is 0 Å². The molecule has 0 aliphatic rings. The molecule has 0 spiro atoms. The van der Waals surface area contributed by atoms with Gasteiger partial charge in [-0.15, -0.1) is 0 Å². The zero-order chi connectivity index (χ0) is 14.0. The smallest absolute Gasteiger partial charge is 0.305 e. The number of aliphatic carboxylic acids is 1. The lowest BCUT2D eigenvalue weighted by atomic mass is 10.0. The van der Waals surface area contributed by atoms with Gasteiger partial charge in [0.2, 0.25) is 10.0 Å². The molecule has 7 heteroatoms. The molecule has 2 N–H and O–H groups in total. The number of hydrogen-bond acceptors (Lipinski definition) is 3. The van der Waals surface area contributed by atoms with Crippen LogP contribution in [0.25, 0.3) is 0 Å². The fraction of sp³-hybridized carbons (Fsp3) is 0.364. The van der Waals surface area contributed by atoms with E-state index in [1.165, 1.54) is 26.0 Å². The van der Waals surface area contributed by atoms with Crippen molar-refractivity contribution in [2.24, 2.45) is 0 Å². The molecule has 1 aromatic carbocycles. The van der Waals surface area contributed by atoms with E-state index in [9.17, 15) is 13.2 Å². The second-order valence-corrected chi connectivity index (χ2v) is 7.44. The molecule has 0 heterocycles. The van der Waals surface area contributed by atoms with Crippen LogP contribution < -0.4 is 4.72 Å². The number of halogens is 1. The predicted molar refractivity (Wildman–Crippen MR) is 75.8 cm³/mol. The zero-order valence-corrected chi connectivity index (χ0v) is 12.9. The lowest BCUT2D eigenvalue weighted by Gasteiger charge is -2.23. The molecule has 1 rings (SSSR count). The molecule has 0 unspecified atom stereocenters. The highest BCUT2D eigenvalue weighted by molar-refractivity contribution is 14.1. The largest absolute Gasteiger partial charge is 0.481 e. The Balaban J connectivity index is 2.95. The molecule has 0 saturated heterocycles. The van der Waals surface area contributed by atoms with Crippen molar-refractivity contribution >= 4 is 38.6 Å². The van der Waals surface area contributed by atoms with Crippen LogP contribution in [0.15, 0.2) is 29.2 Å². The molecular formula is C11H14INO4S. The Bertz CT molecular complexity index is 537. The van der Waals surface area contributed by atoms with E-state index in [2.05, 4.69) is 27.3 Å². The first-order valence-electron chi connectivity index (χ1n) is 5.14. The summed E-state index contributed by atoms with van der Waals surface area (Å²) in [7, 11) is -3.70. The van der Waals surface area contributed by atoms with Crippen LogP contribution in [0.1, 0.15) is 20.3 Å². The Kier molecular flexibility index (Phi) is 4.73. The van der Waals surface area contributed by atoms with Gasteiger partial charge in [0.15, 0.2) is 0 Å². The predicted octanol–water partition coefficient (Wildman–Crippen LogP) is 1.82. The third-order valence-electron chi connectivity index (χ3n) is 2.13. The SMILES string of the molecule is CC(C)(CC(=O)O)NS(=O)(=O)c1ccc(I)cc1. The highest BCUT2D eigenvalue weighted by atomic mass is 127. The summed E-state index contributed by atoms with van der Waals surface area (Å²) >= 11 is 2.08. The Morgan fingerprint density at radius 3 is 2.28 bits per heavy atom. The van der Waals surface area contributed by atoms with Crippen LogP contribution in [0.5, 0.6) is 0 Å². The Morgan fingerprint density at radius 2 is 1.83 bits per heavy atom. The maximum atomic E-state index is 12.0. The van der Waals surface area contributed by atoms with Gasteiger partial charge in [-0.2, -0.15) is 0 Å². The number of nitrogens with one attached hydrogen (secondary N) is 1. The minimum Gasteiger partial charge on any atom is -0.481 e. The molecule has 0 saturated carbocycles. The first-order chi connectivity index (χ1) is 8.12. The van der Waals surface area contributed by atoms with Crippen LogP contribution in [0, 0.1) is 3.57 Å². The normalized spacial score (nSPS) is 12.4. The molecule has 100 valence electrons. The lowest BCUT2D eigenvalue weighted by molar-refractivity contribution is -0.138. The molecule has 0 bridgehead atoms. The maximum absolute atomic E-state index is 12.0. The van der Waals surface area contributed by atoms with Gasteiger partial charge in [0.1, 0.15) is 0 Å². The van der Waals surface area contributed by atoms with Crippen molar-refractivity contribution < 1.29 is 18.3 Å². The van der Waals surface area contributed by atoms with Crippen LogP contribution in [0.2, 0.25) is 0 Å². The fourth-order valence-electron chi connectivity index (χ4n) is 1.45. The number of carboxylic acids is 1. The molecule has 5 nitrogen and oxygen atoms in total. The van der Waals surface area contributed by atoms with E-state index in [4.69, 9.17) is 5.11 Å². The number of hydrogen-bond donors (Lipinski definition) is 2. The molecule has 1 aromatic rings. The summed E-state index contributed by atoms with van der Waals surface area (Å²) < 4.78 is 27.4. The summed E-state index contributed by atoms with van der Waals surface area (Å²) in [6, 6.07) is 6.33. The molecule has 0 aliphatic heterocycles. The van der Waals surface area contributed by atoms with Gasteiger partial charge in [0.25, 0.3) is 0 Å². The number of sulfonamides is 1. The standard InChI is InChI=1S/C11H14INO4S/c1-11(2,7-10(14)15)13-18(16,17)9-5-3-8(12)4-6-9/h3-6,13H,7H2,1-2H3,(H,14,15). The molecule has 0 amide bonds. The van der Waals surface area contributed by atoms with Crippen LogP contribution in [-0.4, -0.2) is 25.0 Å². The van der Waals surface area contributed by atoms with Crippen molar-refractivity contribution in [2.75, 3.05) is 0 Å². The van der Waals surface area contributed by atoms with Crippen molar-refractivity contribution in [3.05, 3.63) is 27.8 Å². The van der Waals surface area contributed by atoms with E-state index >= 15 is 0 Å². The molecule has 0 radical (unpaired) electrons. The van der Waals surface area contributed by atoms with Crippen molar-refractivity contribution in [3.63, 3.8) is 0 Å². The second-order valence-electron chi connectivity index (χ2n) is 4.51. The van der Waals surface area contributed by atoms with Gasteiger partial charge in [0.05, 0.1) is 11.3 Å². The second kappa shape index (κ2) is 5.54. The highest BCUT2D eigenvalue weighted by Crippen LogP contribution is 2.16. The zero-order valence-electron chi connectivity index (χ0n) is 9.97. The van der Waals surface area contributed by atoms with E-state index in [1.807, 2.05) is 0 Å². The van der Waals surface area contributed by atoms with Gasteiger partial charge in [-0.05, 0) is 60.7 Å². The number of rotatable bonds is 5. The van der Waals surface area contributed by atoms with Crippen molar-refractivity contribution in [2.45, 2.75) is 30.7 Å². The van der Waals surface area contributed by atoms with Gasteiger partial charge < -0.3 is 5.11 Å². The average Bonchev–Trinajstić information content (AvgIpc) is 2.13. The lowest BCUT2D eigenvalue weighted by Crippen LogP contribution is -2.44. The average molecular weight is 383 g/mol. The molecule has 0 aromatic heterocycles. The fourth-order valence-corrected chi connectivity index (χ4v) is 3.22. The van der Waals surface area contributed by atoms with Crippen LogP contribution in [0.4, 0.5) is 0 Å². The molecule has 0 aliphatic carbocycles. The van der Waals surface area contributed by atoms with E-state index in [1.54, 1.807) is 12.1 Å². The summed E-state index contributed by atoms with van der Waals surface area (Å²) in [5, 5.41) is 8.72. The Morgan fingerprint density at radius 1 is 1.33 bits per heavy atom. The molecule has 0 atom stereocenters. The topological polar surface area (TPSA) is 83.5 Å². The van der Waals surface area contributed by atoms with E-state index in [0.717, 1.165) is 3.57 Å². The Labute approximate surface area is 120 Å². The number of carbonyl (C=O) groups is 1.